The zero-order valence-electron chi connectivity index (χ0n) is 9.88. The van der Waals surface area contributed by atoms with Crippen molar-refractivity contribution in [2.45, 2.75) is 6.92 Å². The lowest BCUT2D eigenvalue weighted by molar-refractivity contribution is 0.0926. The van der Waals surface area contributed by atoms with Crippen LogP contribution >= 0.6 is 0 Å². The number of amides is 2. The molecular formula is C15H11NO2. The molecule has 1 aliphatic heterocycles. The highest BCUT2D eigenvalue weighted by Crippen LogP contribution is 2.28. The quantitative estimate of drug-likeness (QED) is 0.715. The molecule has 0 aliphatic carbocycles. The van der Waals surface area contributed by atoms with Crippen molar-refractivity contribution in [1.82, 2.24) is 0 Å². The van der Waals surface area contributed by atoms with Gasteiger partial charge in [0.1, 0.15) is 0 Å². The molecule has 0 saturated heterocycles. The maximum Gasteiger partial charge on any atom is 0.266 e. The molecule has 2 amide bonds. The molecule has 2 aromatic carbocycles. The van der Waals surface area contributed by atoms with Crippen LogP contribution in [-0.2, 0) is 0 Å². The SMILES string of the molecule is Cc1cccc(N2C(=O)c3ccccc3C2=O)c1. The van der Waals surface area contributed by atoms with E-state index in [1.807, 2.05) is 25.1 Å². The minimum Gasteiger partial charge on any atom is -0.268 e. The second kappa shape index (κ2) is 3.81. The van der Waals surface area contributed by atoms with Crippen LogP contribution in [0.15, 0.2) is 48.5 Å². The standard InChI is InChI=1S/C15H11NO2/c1-10-5-4-6-11(9-10)16-14(17)12-7-2-3-8-13(12)15(16)18/h2-9H,1H3. The van der Waals surface area contributed by atoms with Crippen LogP contribution < -0.4 is 4.90 Å². The minimum atomic E-state index is -0.249. The number of rotatable bonds is 1. The average molecular weight is 237 g/mol. The van der Waals surface area contributed by atoms with Crippen LogP contribution in [0.25, 0.3) is 0 Å². The lowest BCUT2D eigenvalue weighted by Crippen LogP contribution is -2.29. The van der Waals surface area contributed by atoms with E-state index >= 15 is 0 Å². The van der Waals surface area contributed by atoms with Gasteiger partial charge in [0, 0.05) is 0 Å². The number of imide groups is 1. The largest absolute Gasteiger partial charge is 0.268 e. The molecule has 1 heterocycles. The molecular weight excluding hydrogens is 226 g/mol. The van der Waals surface area contributed by atoms with Gasteiger partial charge in [0.2, 0.25) is 0 Å². The number of hydrogen-bond acceptors (Lipinski definition) is 2. The Hall–Kier alpha value is -2.42. The van der Waals surface area contributed by atoms with E-state index in [4.69, 9.17) is 0 Å². The first-order valence-corrected chi connectivity index (χ1v) is 5.73. The number of aryl methyl sites for hydroxylation is 1. The van der Waals surface area contributed by atoms with Crippen LogP contribution in [0.5, 0.6) is 0 Å². The molecule has 0 saturated carbocycles. The summed E-state index contributed by atoms with van der Waals surface area (Å²) in [7, 11) is 0. The summed E-state index contributed by atoms with van der Waals surface area (Å²) >= 11 is 0. The van der Waals surface area contributed by atoms with Crippen molar-refractivity contribution >= 4 is 17.5 Å². The van der Waals surface area contributed by atoms with E-state index in [9.17, 15) is 9.59 Å². The molecule has 0 bridgehead atoms. The summed E-state index contributed by atoms with van der Waals surface area (Å²) in [6.45, 7) is 1.93. The highest BCUT2D eigenvalue weighted by molar-refractivity contribution is 6.34. The van der Waals surface area contributed by atoms with Crippen LogP contribution in [0.3, 0.4) is 0 Å². The molecule has 0 N–H and O–H groups in total. The first-order valence-electron chi connectivity index (χ1n) is 5.73. The maximum atomic E-state index is 12.2. The molecule has 3 nitrogen and oxygen atoms in total. The fourth-order valence-corrected chi connectivity index (χ4v) is 2.19. The summed E-state index contributed by atoms with van der Waals surface area (Å²) < 4.78 is 0. The predicted molar refractivity (Wildman–Crippen MR) is 68.8 cm³/mol. The van der Waals surface area contributed by atoms with Crippen molar-refractivity contribution in [2.75, 3.05) is 4.90 Å². The first kappa shape index (κ1) is 10.7. The first-order chi connectivity index (χ1) is 8.68. The fourth-order valence-electron chi connectivity index (χ4n) is 2.19. The number of hydrogen-bond donors (Lipinski definition) is 0. The third kappa shape index (κ3) is 1.44. The Balaban J connectivity index is 2.12. The fraction of sp³-hybridized carbons (Fsp3) is 0.0667. The molecule has 0 atom stereocenters. The number of benzene rings is 2. The molecule has 0 radical (unpaired) electrons. The summed E-state index contributed by atoms with van der Waals surface area (Å²) in [5.74, 6) is -0.498. The summed E-state index contributed by atoms with van der Waals surface area (Å²) in [6.07, 6.45) is 0. The van der Waals surface area contributed by atoms with Crippen LogP contribution in [0.1, 0.15) is 26.3 Å². The zero-order valence-corrected chi connectivity index (χ0v) is 9.88. The van der Waals surface area contributed by atoms with Crippen molar-refractivity contribution in [1.29, 1.82) is 0 Å². The summed E-state index contributed by atoms with van der Waals surface area (Å²) in [5, 5.41) is 0. The smallest absolute Gasteiger partial charge is 0.266 e. The molecule has 0 spiro atoms. The van der Waals surface area contributed by atoms with Crippen molar-refractivity contribution in [3.05, 3.63) is 65.2 Å². The number of fused-ring (bicyclic) bond motifs is 1. The normalized spacial score (nSPS) is 13.9. The van der Waals surface area contributed by atoms with Crippen molar-refractivity contribution in [3.8, 4) is 0 Å². The highest BCUT2D eigenvalue weighted by atomic mass is 16.2. The number of nitrogens with zero attached hydrogens (tertiary/aromatic N) is 1. The maximum absolute atomic E-state index is 12.2. The van der Waals surface area contributed by atoms with E-state index in [2.05, 4.69) is 0 Å². The number of anilines is 1. The molecule has 0 fully saturated rings. The van der Waals surface area contributed by atoms with Gasteiger partial charge < -0.3 is 0 Å². The van der Waals surface area contributed by atoms with Crippen LogP contribution in [0.4, 0.5) is 5.69 Å². The average Bonchev–Trinajstić information content (AvgIpc) is 2.63. The molecule has 0 aromatic heterocycles. The van der Waals surface area contributed by atoms with Gasteiger partial charge in [-0.3, -0.25) is 9.59 Å². The van der Waals surface area contributed by atoms with E-state index in [1.54, 1.807) is 30.3 Å². The van der Waals surface area contributed by atoms with E-state index < -0.39 is 0 Å². The molecule has 0 unspecified atom stereocenters. The van der Waals surface area contributed by atoms with Gasteiger partial charge in [-0.15, -0.1) is 0 Å². The van der Waals surface area contributed by atoms with Gasteiger partial charge in [0.05, 0.1) is 16.8 Å². The lowest BCUT2D eigenvalue weighted by Gasteiger charge is -2.14. The molecule has 3 heteroatoms. The van der Waals surface area contributed by atoms with Gasteiger partial charge >= 0.3 is 0 Å². The van der Waals surface area contributed by atoms with Gasteiger partial charge in [-0.05, 0) is 36.8 Å². The second-order valence-electron chi connectivity index (χ2n) is 4.33. The minimum absolute atomic E-state index is 0.249. The third-order valence-electron chi connectivity index (χ3n) is 3.05. The second-order valence-corrected chi connectivity index (χ2v) is 4.33. The predicted octanol–water partition coefficient (Wildman–Crippen LogP) is 2.80. The van der Waals surface area contributed by atoms with E-state index in [0.29, 0.717) is 16.8 Å². The Kier molecular flexibility index (Phi) is 2.27. The molecule has 2 aromatic rings. The molecule has 88 valence electrons. The summed E-state index contributed by atoms with van der Waals surface area (Å²) in [5.41, 5.74) is 2.60. The van der Waals surface area contributed by atoms with Gasteiger partial charge in [0.25, 0.3) is 11.8 Å². The van der Waals surface area contributed by atoms with Gasteiger partial charge in [-0.25, -0.2) is 4.90 Å². The van der Waals surface area contributed by atoms with Gasteiger partial charge in [0.15, 0.2) is 0 Å². The van der Waals surface area contributed by atoms with Gasteiger partial charge in [-0.2, -0.15) is 0 Å². The Morgan fingerprint density at radius 2 is 1.44 bits per heavy atom. The third-order valence-corrected chi connectivity index (χ3v) is 3.05. The molecule has 1 aliphatic rings. The molecule has 3 rings (SSSR count). The Labute approximate surface area is 105 Å². The van der Waals surface area contributed by atoms with E-state index in [0.717, 1.165) is 5.56 Å². The van der Waals surface area contributed by atoms with Crippen molar-refractivity contribution < 1.29 is 9.59 Å². The highest BCUT2D eigenvalue weighted by Gasteiger charge is 2.36. The Morgan fingerprint density at radius 1 is 0.833 bits per heavy atom. The van der Waals surface area contributed by atoms with Crippen LogP contribution in [-0.4, -0.2) is 11.8 Å². The summed E-state index contributed by atoms with van der Waals surface area (Å²) in [6, 6.07) is 14.3. The van der Waals surface area contributed by atoms with Crippen molar-refractivity contribution in [2.24, 2.45) is 0 Å². The topological polar surface area (TPSA) is 37.4 Å². The van der Waals surface area contributed by atoms with Gasteiger partial charge in [-0.1, -0.05) is 24.3 Å². The monoisotopic (exact) mass is 237 g/mol. The Bertz CT molecular complexity index is 626. The van der Waals surface area contributed by atoms with Crippen LogP contribution in [0.2, 0.25) is 0 Å². The van der Waals surface area contributed by atoms with E-state index in [-0.39, 0.29) is 11.8 Å². The number of carbonyl (C=O) groups excluding carboxylic acids is 2. The summed E-state index contributed by atoms with van der Waals surface area (Å²) in [4.78, 5) is 25.7. The Morgan fingerprint density at radius 3 is 2.00 bits per heavy atom. The van der Waals surface area contributed by atoms with E-state index in [1.165, 1.54) is 4.90 Å². The lowest BCUT2D eigenvalue weighted by atomic mass is 10.1. The van der Waals surface area contributed by atoms with Crippen molar-refractivity contribution in [3.63, 3.8) is 0 Å². The zero-order chi connectivity index (χ0) is 12.7. The number of carbonyl (C=O) groups is 2. The van der Waals surface area contributed by atoms with Crippen LogP contribution in [0, 0.1) is 6.92 Å². The molecule has 18 heavy (non-hydrogen) atoms.